The van der Waals surface area contributed by atoms with Crippen molar-refractivity contribution in [3.63, 3.8) is 0 Å². The van der Waals surface area contributed by atoms with E-state index in [1.54, 1.807) is 30.0 Å². The minimum absolute atomic E-state index is 0.205. The Morgan fingerprint density at radius 1 is 1.38 bits per heavy atom. The van der Waals surface area contributed by atoms with Gasteiger partial charge < -0.3 is 5.11 Å². The van der Waals surface area contributed by atoms with Crippen LogP contribution in [-0.2, 0) is 0 Å². The fourth-order valence-electron chi connectivity index (χ4n) is 1.39. The molecule has 16 heavy (non-hydrogen) atoms. The summed E-state index contributed by atoms with van der Waals surface area (Å²) >= 11 is 0. The third kappa shape index (κ3) is 1.77. The second-order valence-corrected chi connectivity index (χ2v) is 3.34. The SMILES string of the molecule is Cc1cc(-n2ccnc2C)nc(C(=O)O)n1. The van der Waals surface area contributed by atoms with Crippen molar-refractivity contribution in [1.82, 2.24) is 19.5 Å². The molecule has 0 aliphatic heterocycles. The van der Waals surface area contributed by atoms with Crippen LogP contribution in [0.2, 0.25) is 0 Å². The normalized spacial score (nSPS) is 10.4. The molecule has 0 amide bonds. The van der Waals surface area contributed by atoms with Crippen molar-refractivity contribution in [1.29, 1.82) is 0 Å². The van der Waals surface area contributed by atoms with Gasteiger partial charge in [0, 0.05) is 24.2 Å². The first-order valence-electron chi connectivity index (χ1n) is 4.67. The second-order valence-electron chi connectivity index (χ2n) is 3.34. The minimum Gasteiger partial charge on any atom is -0.475 e. The second kappa shape index (κ2) is 3.73. The molecule has 0 spiro atoms. The standard InChI is InChI=1S/C10H10N4O2/c1-6-5-8(13-9(12-6)10(15)16)14-4-3-11-7(14)2/h3-5H,1-2H3,(H,15,16). The maximum absolute atomic E-state index is 10.8. The van der Waals surface area contributed by atoms with Crippen molar-refractivity contribution < 1.29 is 9.90 Å². The predicted molar refractivity (Wildman–Crippen MR) is 55.6 cm³/mol. The van der Waals surface area contributed by atoms with Gasteiger partial charge in [0.25, 0.3) is 0 Å². The Bertz CT molecular complexity index is 548. The molecule has 2 aromatic heterocycles. The third-order valence-corrected chi connectivity index (χ3v) is 2.10. The minimum atomic E-state index is -1.14. The first-order chi connectivity index (χ1) is 7.58. The van der Waals surface area contributed by atoms with Crippen LogP contribution in [0, 0.1) is 13.8 Å². The number of imidazole rings is 1. The van der Waals surface area contributed by atoms with Crippen molar-refractivity contribution in [3.05, 3.63) is 35.8 Å². The van der Waals surface area contributed by atoms with Crippen molar-refractivity contribution in [3.8, 4) is 5.82 Å². The van der Waals surface area contributed by atoms with Crippen molar-refractivity contribution in [2.24, 2.45) is 0 Å². The summed E-state index contributed by atoms with van der Waals surface area (Å²) in [7, 11) is 0. The molecule has 0 bridgehead atoms. The van der Waals surface area contributed by atoms with Crippen LogP contribution >= 0.6 is 0 Å². The first-order valence-corrected chi connectivity index (χ1v) is 4.67. The van der Waals surface area contributed by atoms with E-state index in [1.807, 2.05) is 6.92 Å². The molecule has 2 heterocycles. The number of aromatic carboxylic acids is 1. The molecule has 0 unspecified atom stereocenters. The highest BCUT2D eigenvalue weighted by atomic mass is 16.4. The smallest absolute Gasteiger partial charge is 0.374 e. The molecule has 0 radical (unpaired) electrons. The molecule has 0 fully saturated rings. The Morgan fingerprint density at radius 3 is 2.69 bits per heavy atom. The van der Waals surface area contributed by atoms with Crippen LogP contribution in [0.4, 0.5) is 0 Å². The maximum atomic E-state index is 10.8. The summed E-state index contributed by atoms with van der Waals surface area (Å²) in [5.41, 5.74) is 0.607. The molecular weight excluding hydrogens is 208 g/mol. The lowest BCUT2D eigenvalue weighted by Gasteiger charge is -2.05. The van der Waals surface area contributed by atoms with Crippen LogP contribution in [0.5, 0.6) is 0 Å². The van der Waals surface area contributed by atoms with Gasteiger partial charge in [-0.2, -0.15) is 0 Å². The molecule has 1 N–H and O–H groups in total. The number of carbonyl (C=O) groups is 1. The van der Waals surface area contributed by atoms with E-state index in [0.29, 0.717) is 11.5 Å². The summed E-state index contributed by atoms with van der Waals surface area (Å²) in [4.78, 5) is 22.6. The number of nitrogens with zero attached hydrogens (tertiary/aromatic N) is 4. The monoisotopic (exact) mass is 218 g/mol. The van der Waals surface area contributed by atoms with E-state index in [4.69, 9.17) is 5.11 Å². The number of carboxylic acids is 1. The molecule has 6 nitrogen and oxygen atoms in total. The predicted octanol–water partition coefficient (Wildman–Crippen LogP) is 0.977. The van der Waals surface area contributed by atoms with E-state index in [-0.39, 0.29) is 5.82 Å². The van der Waals surface area contributed by atoms with E-state index >= 15 is 0 Å². The van der Waals surface area contributed by atoms with Crippen molar-refractivity contribution in [2.75, 3.05) is 0 Å². The van der Waals surface area contributed by atoms with E-state index in [9.17, 15) is 4.79 Å². The molecule has 6 heteroatoms. The van der Waals surface area contributed by atoms with Gasteiger partial charge in [0.05, 0.1) is 0 Å². The molecule has 2 rings (SSSR count). The first kappa shape index (κ1) is 10.3. The van der Waals surface area contributed by atoms with E-state index in [1.165, 1.54) is 0 Å². The third-order valence-electron chi connectivity index (χ3n) is 2.10. The van der Waals surface area contributed by atoms with Gasteiger partial charge in [-0.25, -0.2) is 19.7 Å². The van der Waals surface area contributed by atoms with Gasteiger partial charge in [0.15, 0.2) is 0 Å². The summed E-state index contributed by atoms with van der Waals surface area (Å²) in [6.07, 6.45) is 3.36. The summed E-state index contributed by atoms with van der Waals surface area (Å²) in [5, 5.41) is 8.85. The van der Waals surface area contributed by atoms with E-state index in [0.717, 1.165) is 5.82 Å². The molecule has 0 atom stereocenters. The van der Waals surface area contributed by atoms with Crippen LogP contribution in [0.3, 0.4) is 0 Å². The van der Waals surface area contributed by atoms with Gasteiger partial charge in [-0.3, -0.25) is 4.57 Å². The number of aryl methyl sites for hydroxylation is 2. The molecular formula is C10H10N4O2. The lowest BCUT2D eigenvalue weighted by atomic mass is 10.4. The van der Waals surface area contributed by atoms with Crippen LogP contribution < -0.4 is 0 Å². The summed E-state index contributed by atoms with van der Waals surface area (Å²) in [6.45, 7) is 3.54. The van der Waals surface area contributed by atoms with Gasteiger partial charge in [-0.05, 0) is 13.8 Å². The van der Waals surface area contributed by atoms with Crippen LogP contribution in [0.15, 0.2) is 18.5 Å². The number of hydrogen-bond donors (Lipinski definition) is 1. The molecule has 0 saturated heterocycles. The van der Waals surface area contributed by atoms with Crippen molar-refractivity contribution >= 4 is 5.97 Å². The van der Waals surface area contributed by atoms with Crippen molar-refractivity contribution in [2.45, 2.75) is 13.8 Å². The van der Waals surface area contributed by atoms with E-state index < -0.39 is 5.97 Å². The number of hydrogen-bond acceptors (Lipinski definition) is 4. The van der Waals surface area contributed by atoms with E-state index in [2.05, 4.69) is 15.0 Å². The zero-order valence-electron chi connectivity index (χ0n) is 8.88. The summed E-state index contributed by atoms with van der Waals surface area (Å²) in [6, 6.07) is 1.71. The molecule has 0 aromatic carbocycles. The quantitative estimate of drug-likeness (QED) is 0.812. The van der Waals surface area contributed by atoms with Gasteiger partial charge >= 0.3 is 5.97 Å². The average molecular weight is 218 g/mol. The Hall–Kier alpha value is -2.24. The topological polar surface area (TPSA) is 80.9 Å². The largest absolute Gasteiger partial charge is 0.475 e. The summed E-state index contributed by atoms with van der Waals surface area (Å²) < 4.78 is 1.71. The number of carboxylic acid groups (broad SMARTS) is 1. The van der Waals surface area contributed by atoms with Gasteiger partial charge in [0.2, 0.25) is 5.82 Å². The fraction of sp³-hybridized carbons (Fsp3) is 0.200. The Morgan fingerprint density at radius 2 is 2.12 bits per heavy atom. The lowest BCUT2D eigenvalue weighted by molar-refractivity contribution is 0.0683. The molecule has 2 aromatic rings. The van der Waals surface area contributed by atoms with Gasteiger partial charge in [-0.1, -0.05) is 0 Å². The van der Waals surface area contributed by atoms with Gasteiger partial charge in [0.1, 0.15) is 11.6 Å². The molecule has 82 valence electrons. The average Bonchev–Trinajstić information content (AvgIpc) is 2.63. The van der Waals surface area contributed by atoms with Crippen LogP contribution in [0.1, 0.15) is 22.1 Å². The fourth-order valence-corrected chi connectivity index (χ4v) is 1.39. The van der Waals surface area contributed by atoms with Crippen LogP contribution in [-0.4, -0.2) is 30.6 Å². The number of aromatic nitrogens is 4. The molecule has 0 aliphatic rings. The zero-order valence-corrected chi connectivity index (χ0v) is 8.88. The molecule has 0 aliphatic carbocycles. The Labute approximate surface area is 91.6 Å². The Balaban J connectivity index is 2.58. The highest BCUT2D eigenvalue weighted by Gasteiger charge is 2.11. The lowest BCUT2D eigenvalue weighted by Crippen LogP contribution is -2.09. The summed E-state index contributed by atoms with van der Waals surface area (Å²) in [5.74, 6) is -0.0832. The maximum Gasteiger partial charge on any atom is 0.374 e. The molecule has 0 saturated carbocycles. The Kier molecular flexibility index (Phi) is 2.40. The van der Waals surface area contributed by atoms with Crippen LogP contribution in [0.25, 0.3) is 5.82 Å². The highest BCUT2D eigenvalue weighted by Crippen LogP contribution is 2.09. The highest BCUT2D eigenvalue weighted by molar-refractivity contribution is 5.83. The van der Waals surface area contributed by atoms with Gasteiger partial charge in [-0.15, -0.1) is 0 Å². The zero-order chi connectivity index (χ0) is 11.7. The number of rotatable bonds is 2.